The van der Waals surface area contributed by atoms with Crippen molar-refractivity contribution in [2.75, 3.05) is 0 Å². The summed E-state index contributed by atoms with van der Waals surface area (Å²) in [5, 5.41) is 8.22. The quantitative estimate of drug-likeness (QED) is 0.850. The molecule has 0 bridgehead atoms. The van der Waals surface area contributed by atoms with Crippen LogP contribution in [-0.4, -0.2) is 15.8 Å². The summed E-state index contributed by atoms with van der Waals surface area (Å²) >= 11 is 0. The minimum atomic E-state index is 0.0761. The Morgan fingerprint density at radius 3 is 2.38 bits per heavy atom. The van der Waals surface area contributed by atoms with E-state index < -0.39 is 0 Å². The van der Waals surface area contributed by atoms with Gasteiger partial charge in [0.2, 0.25) is 0 Å². The first-order valence-corrected chi connectivity index (χ1v) is 6.18. The second-order valence-electron chi connectivity index (χ2n) is 5.89. The van der Waals surface area contributed by atoms with Crippen LogP contribution in [0, 0.1) is 13.8 Å². The Kier molecular flexibility index (Phi) is 2.82. The maximum atomic E-state index is 4.66. The van der Waals surface area contributed by atoms with Crippen LogP contribution in [-0.2, 0) is 12.1 Å². The highest BCUT2D eigenvalue weighted by Crippen LogP contribution is 2.23. The van der Waals surface area contributed by atoms with Gasteiger partial charge in [-0.15, -0.1) is 0 Å². The Balaban J connectivity index is 2.20. The average Bonchev–Trinajstić information content (AvgIpc) is 2.91. The van der Waals surface area contributed by atoms with Gasteiger partial charge in [0.15, 0.2) is 0 Å². The van der Waals surface area contributed by atoms with Gasteiger partial charge >= 0.3 is 0 Å². The normalized spacial score (nSPS) is 16.8. The molecule has 1 heterocycles. The molecule has 0 radical (unpaired) electrons. The van der Waals surface area contributed by atoms with Crippen molar-refractivity contribution >= 4 is 0 Å². The molecule has 0 atom stereocenters. The summed E-state index contributed by atoms with van der Waals surface area (Å²) in [7, 11) is 0. The lowest BCUT2D eigenvalue weighted by Gasteiger charge is -2.21. The van der Waals surface area contributed by atoms with E-state index in [0.717, 1.165) is 12.6 Å². The van der Waals surface area contributed by atoms with Gasteiger partial charge in [-0.25, -0.2) is 0 Å². The van der Waals surface area contributed by atoms with E-state index in [-0.39, 0.29) is 5.54 Å². The van der Waals surface area contributed by atoms with Crippen LogP contribution in [0.25, 0.3) is 0 Å². The summed E-state index contributed by atoms with van der Waals surface area (Å²) in [6.07, 6.45) is 2.68. The molecule has 2 rings (SSSR count). The molecular weight excluding hydrogens is 198 g/mol. The van der Waals surface area contributed by atoms with Crippen LogP contribution in [0.15, 0.2) is 0 Å². The van der Waals surface area contributed by atoms with Gasteiger partial charge in [0.25, 0.3) is 0 Å². The number of hydrogen-bond donors (Lipinski definition) is 1. The monoisotopic (exact) mass is 221 g/mol. The van der Waals surface area contributed by atoms with Crippen LogP contribution in [0.2, 0.25) is 0 Å². The molecule has 1 aromatic rings. The molecule has 0 aliphatic heterocycles. The molecule has 16 heavy (non-hydrogen) atoms. The van der Waals surface area contributed by atoms with Gasteiger partial charge < -0.3 is 5.32 Å². The van der Waals surface area contributed by atoms with Crippen molar-refractivity contribution in [3.05, 3.63) is 17.0 Å². The van der Waals surface area contributed by atoms with E-state index >= 15 is 0 Å². The average molecular weight is 221 g/mol. The molecule has 0 unspecified atom stereocenters. The molecule has 90 valence electrons. The Bertz CT molecular complexity index is 381. The van der Waals surface area contributed by atoms with Crippen LogP contribution in [0.5, 0.6) is 0 Å². The van der Waals surface area contributed by atoms with Crippen LogP contribution in [0.1, 0.15) is 50.6 Å². The third kappa shape index (κ3) is 2.29. The maximum Gasteiger partial charge on any atom is 0.0641 e. The first-order valence-electron chi connectivity index (χ1n) is 6.18. The largest absolute Gasteiger partial charge is 0.310 e. The number of aryl methyl sites for hydroxylation is 1. The molecule has 1 saturated carbocycles. The Morgan fingerprint density at radius 1 is 1.31 bits per heavy atom. The van der Waals surface area contributed by atoms with Crippen molar-refractivity contribution in [1.82, 2.24) is 15.1 Å². The third-order valence-corrected chi connectivity index (χ3v) is 3.22. The number of aromatic nitrogens is 2. The van der Waals surface area contributed by atoms with Crippen molar-refractivity contribution in [2.24, 2.45) is 0 Å². The standard InChI is InChI=1S/C13H23N3/c1-9-12(8-14-11-6-7-11)10(2)16(15-9)13(3,4)5/h11,14H,6-8H2,1-5H3. The van der Waals surface area contributed by atoms with Crippen molar-refractivity contribution < 1.29 is 0 Å². The summed E-state index contributed by atoms with van der Waals surface area (Å²) in [6.45, 7) is 11.9. The number of nitrogens with zero attached hydrogens (tertiary/aromatic N) is 2. The molecule has 0 amide bonds. The van der Waals surface area contributed by atoms with Gasteiger partial charge in [-0.2, -0.15) is 5.10 Å². The maximum absolute atomic E-state index is 4.66. The highest BCUT2D eigenvalue weighted by molar-refractivity contribution is 5.25. The van der Waals surface area contributed by atoms with Gasteiger partial charge in [0, 0.05) is 23.8 Å². The summed E-state index contributed by atoms with van der Waals surface area (Å²) in [4.78, 5) is 0. The lowest BCUT2D eigenvalue weighted by molar-refractivity contribution is 0.346. The molecule has 0 saturated heterocycles. The van der Waals surface area contributed by atoms with Crippen LogP contribution in [0.4, 0.5) is 0 Å². The molecule has 1 fully saturated rings. The zero-order valence-corrected chi connectivity index (χ0v) is 11.1. The predicted molar refractivity (Wildman–Crippen MR) is 66.6 cm³/mol. The fraction of sp³-hybridized carbons (Fsp3) is 0.769. The lowest BCUT2D eigenvalue weighted by Crippen LogP contribution is -2.25. The summed E-state index contributed by atoms with van der Waals surface area (Å²) < 4.78 is 2.15. The molecule has 3 heteroatoms. The van der Waals surface area contributed by atoms with E-state index in [0.29, 0.717) is 0 Å². The molecule has 1 N–H and O–H groups in total. The van der Waals surface area contributed by atoms with Crippen molar-refractivity contribution in [3.8, 4) is 0 Å². The SMILES string of the molecule is Cc1nn(C(C)(C)C)c(C)c1CNC1CC1. The Morgan fingerprint density at radius 2 is 1.94 bits per heavy atom. The van der Waals surface area contributed by atoms with E-state index in [4.69, 9.17) is 0 Å². The zero-order valence-electron chi connectivity index (χ0n) is 11.1. The fourth-order valence-corrected chi connectivity index (χ4v) is 2.12. The van der Waals surface area contributed by atoms with Crippen LogP contribution < -0.4 is 5.32 Å². The van der Waals surface area contributed by atoms with Crippen molar-refractivity contribution in [1.29, 1.82) is 0 Å². The first-order chi connectivity index (χ1) is 7.39. The number of hydrogen-bond acceptors (Lipinski definition) is 2. The van der Waals surface area contributed by atoms with E-state index in [1.54, 1.807) is 0 Å². The molecule has 1 aliphatic rings. The second-order valence-corrected chi connectivity index (χ2v) is 5.89. The van der Waals surface area contributed by atoms with E-state index in [1.807, 2.05) is 0 Å². The van der Waals surface area contributed by atoms with Crippen LogP contribution >= 0.6 is 0 Å². The molecular formula is C13H23N3. The summed E-state index contributed by atoms with van der Waals surface area (Å²) in [5.41, 5.74) is 3.92. The molecule has 1 aliphatic carbocycles. The molecule has 0 aromatic carbocycles. The van der Waals surface area contributed by atoms with Gasteiger partial charge in [-0.3, -0.25) is 4.68 Å². The van der Waals surface area contributed by atoms with Crippen molar-refractivity contribution in [3.63, 3.8) is 0 Å². The minimum Gasteiger partial charge on any atom is -0.310 e. The third-order valence-electron chi connectivity index (χ3n) is 3.22. The summed E-state index contributed by atoms with van der Waals surface area (Å²) in [5.74, 6) is 0. The first kappa shape index (κ1) is 11.6. The van der Waals surface area contributed by atoms with Gasteiger partial charge in [-0.05, 0) is 47.5 Å². The smallest absolute Gasteiger partial charge is 0.0641 e. The van der Waals surface area contributed by atoms with Gasteiger partial charge in [-0.1, -0.05) is 0 Å². The fourth-order valence-electron chi connectivity index (χ4n) is 2.12. The summed E-state index contributed by atoms with van der Waals surface area (Å²) in [6, 6.07) is 0.761. The van der Waals surface area contributed by atoms with E-state index in [9.17, 15) is 0 Å². The number of nitrogens with one attached hydrogen (secondary N) is 1. The van der Waals surface area contributed by atoms with Gasteiger partial charge in [0.1, 0.15) is 0 Å². The van der Waals surface area contributed by atoms with E-state index in [1.165, 1.54) is 29.8 Å². The number of rotatable bonds is 3. The molecule has 1 aromatic heterocycles. The van der Waals surface area contributed by atoms with Gasteiger partial charge in [0.05, 0.1) is 11.2 Å². The molecule has 0 spiro atoms. The van der Waals surface area contributed by atoms with Crippen LogP contribution in [0.3, 0.4) is 0 Å². The topological polar surface area (TPSA) is 29.9 Å². The Hall–Kier alpha value is -0.830. The highest BCUT2D eigenvalue weighted by atomic mass is 15.3. The predicted octanol–water partition coefficient (Wildman–Crippen LogP) is 2.51. The molecule has 3 nitrogen and oxygen atoms in total. The lowest BCUT2D eigenvalue weighted by atomic mass is 10.1. The minimum absolute atomic E-state index is 0.0761. The second kappa shape index (κ2) is 3.88. The zero-order chi connectivity index (χ0) is 11.9. The van der Waals surface area contributed by atoms with Crippen molar-refractivity contribution in [2.45, 2.75) is 65.6 Å². The Labute approximate surface area is 98.2 Å². The van der Waals surface area contributed by atoms with E-state index in [2.05, 4.69) is 49.7 Å². The highest BCUT2D eigenvalue weighted by Gasteiger charge is 2.24.